The number of aliphatic hydroxyl groups excluding tert-OH is 2. The third-order valence-corrected chi connectivity index (χ3v) is 2.77. The van der Waals surface area contributed by atoms with Crippen LogP contribution in [0, 0.1) is 6.92 Å². The maximum Gasteiger partial charge on any atom is 0.126 e. The van der Waals surface area contributed by atoms with E-state index in [0.29, 0.717) is 6.54 Å². The molecular weight excluding hydrogens is 286 g/mol. The molecule has 5 heteroatoms. The normalized spacial score (nSPS) is 12.5. The molecule has 0 radical (unpaired) electrons. The summed E-state index contributed by atoms with van der Waals surface area (Å²) >= 11 is 3.44. The first kappa shape index (κ1) is 14.4. The van der Waals surface area contributed by atoms with Gasteiger partial charge in [0.25, 0.3) is 0 Å². The van der Waals surface area contributed by atoms with Gasteiger partial charge >= 0.3 is 0 Å². The van der Waals surface area contributed by atoms with Crippen LogP contribution in [-0.4, -0.2) is 36.6 Å². The van der Waals surface area contributed by atoms with Gasteiger partial charge in [0.15, 0.2) is 0 Å². The largest absolute Gasteiger partial charge is 0.490 e. The lowest BCUT2D eigenvalue weighted by Crippen LogP contribution is -2.22. The van der Waals surface area contributed by atoms with E-state index in [1.165, 1.54) is 0 Å². The first-order chi connectivity index (χ1) is 8.08. The summed E-state index contributed by atoms with van der Waals surface area (Å²) in [5, 5.41) is 21.1. The second-order valence-electron chi connectivity index (χ2n) is 3.89. The third-order valence-electron chi connectivity index (χ3n) is 2.31. The lowest BCUT2D eigenvalue weighted by molar-refractivity contribution is 0.0530. The molecule has 0 bridgehead atoms. The summed E-state index contributed by atoms with van der Waals surface area (Å²) in [4.78, 5) is 0. The molecule has 17 heavy (non-hydrogen) atoms. The van der Waals surface area contributed by atoms with E-state index < -0.39 is 6.10 Å². The molecule has 1 atom stereocenters. The fourth-order valence-electron chi connectivity index (χ4n) is 1.56. The highest BCUT2D eigenvalue weighted by molar-refractivity contribution is 9.10. The summed E-state index contributed by atoms with van der Waals surface area (Å²) in [7, 11) is 1.86. The number of aliphatic hydroxyl groups is 2. The second-order valence-corrected chi connectivity index (χ2v) is 4.80. The van der Waals surface area contributed by atoms with Gasteiger partial charge in [-0.1, -0.05) is 15.9 Å². The molecule has 0 heterocycles. The zero-order valence-corrected chi connectivity index (χ0v) is 11.6. The van der Waals surface area contributed by atoms with E-state index in [0.717, 1.165) is 21.3 Å². The molecule has 1 aromatic carbocycles. The molecule has 0 saturated heterocycles. The van der Waals surface area contributed by atoms with Gasteiger partial charge < -0.3 is 20.3 Å². The number of benzene rings is 1. The predicted molar refractivity (Wildman–Crippen MR) is 70.2 cm³/mol. The van der Waals surface area contributed by atoms with Crippen LogP contribution in [0.1, 0.15) is 11.1 Å². The summed E-state index contributed by atoms with van der Waals surface area (Å²) in [6.07, 6.45) is -0.847. The minimum absolute atomic E-state index is 0.0929. The van der Waals surface area contributed by atoms with E-state index in [1.54, 1.807) is 0 Å². The summed E-state index contributed by atoms with van der Waals surface area (Å²) in [6, 6.07) is 3.93. The summed E-state index contributed by atoms with van der Waals surface area (Å²) < 4.78 is 6.55. The summed E-state index contributed by atoms with van der Waals surface area (Å²) in [5.74, 6) is 0.759. The monoisotopic (exact) mass is 303 g/mol. The van der Waals surface area contributed by atoms with Crippen LogP contribution in [0.3, 0.4) is 0 Å². The standard InChI is InChI=1S/C12H18BrNO3/c1-8-3-10(13)4-9(5-14-2)12(8)17-7-11(16)6-15/h3-4,11,14-16H,5-7H2,1-2H3. The van der Waals surface area contributed by atoms with E-state index in [4.69, 9.17) is 9.84 Å². The Balaban J connectivity index is 2.87. The van der Waals surface area contributed by atoms with E-state index in [1.807, 2.05) is 26.1 Å². The van der Waals surface area contributed by atoms with Gasteiger partial charge in [0.05, 0.1) is 6.61 Å². The zero-order chi connectivity index (χ0) is 12.8. The number of hydrogen-bond donors (Lipinski definition) is 3. The second kappa shape index (κ2) is 6.96. The molecule has 0 saturated carbocycles. The van der Waals surface area contributed by atoms with Crippen molar-refractivity contribution in [1.82, 2.24) is 5.32 Å². The van der Waals surface area contributed by atoms with Crippen LogP contribution in [-0.2, 0) is 6.54 Å². The Kier molecular flexibility index (Phi) is 5.91. The molecule has 1 rings (SSSR count). The summed E-state index contributed by atoms with van der Waals surface area (Å²) in [6.45, 7) is 2.43. The van der Waals surface area contributed by atoms with Gasteiger partial charge in [-0.05, 0) is 31.7 Å². The highest BCUT2D eigenvalue weighted by Gasteiger charge is 2.10. The molecule has 0 aliphatic rings. The first-order valence-electron chi connectivity index (χ1n) is 5.43. The van der Waals surface area contributed by atoms with Gasteiger partial charge in [-0.3, -0.25) is 0 Å². The van der Waals surface area contributed by atoms with Crippen molar-refractivity contribution in [2.24, 2.45) is 0 Å². The molecule has 0 amide bonds. The molecule has 1 aromatic rings. The maximum atomic E-state index is 9.29. The Bertz CT molecular complexity index is 371. The molecule has 0 fully saturated rings. The zero-order valence-electron chi connectivity index (χ0n) is 10.0. The topological polar surface area (TPSA) is 61.7 Å². The molecule has 3 N–H and O–H groups in total. The molecule has 0 aliphatic carbocycles. The summed E-state index contributed by atoms with van der Waals surface area (Å²) in [5.41, 5.74) is 2.01. The molecule has 0 spiro atoms. The Morgan fingerprint density at radius 2 is 2.18 bits per heavy atom. The number of ether oxygens (including phenoxy) is 1. The van der Waals surface area contributed by atoms with Crippen LogP contribution < -0.4 is 10.1 Å². The fraction of sp³-hybridized carbons (Fsp3) is 0.500. The van der Waals surface area contributed by atoms with Crippen molar-refractivity contribution < 1.29 is 14.9 Å². The molecule has 0 aromatic heterocycles. The van der Waals surface area contributed by atoms with Crippen LogP contribution in [0.25, 0.3) is 0 Å². The molecular formula is C12H18BrNO3. The number of rotatable bonds is 6. The van der Waals surface area contributed by atoms with E-state index >= 15 is 0 Å². The highest BCUT2D eigenvalue weighted by atomic mass is 79.9. The minimum atomic E-state index is -0.847. The van der Waals surface area contributed by atoms with Gasteiger partial charge in [-0.15, -0.1) is 0 Å². The third kappa shape index (κ3) is 4.27. The van der Waals surface area contributed by atoms with Crippen LogP contribution in [0.4, 0.5) is 0 Å². The van der Waals surface area contributed by atoms with E-state index in [2.05, 4.69) is 21.2 Å². The molecule has 1 unspecified atom stereocenters. The minimum Gasteiger partial charge on any atom is -0.490 e. The predicted octanol–water partition coefficient (Wildman–Crippen LogP) is 1.21. The van der Waals surface area contributed by atoms with Crippen molar-refractivity contribution in [3.8, 4) is 5.75 Å². The van der Waals surface area contributed by atoms with Crippen molar-refractivity contribution in [3.05, 3.63) is 27.7 Å². The van der Waals surface area contributed by atoms with Gasteiger partial charge in [0.1, 0.15) is 18.5 Å². The van der Waals surface area contributed by atoms with E-state index in [9.17, 15) is 5.11 Å². The van der Waals surface area contributed by atoms with Crippen LogP contribution >= 0.6 is 15.9 Å². The van der Waals surface area contributed by atoms with Crippen LogP contribution in [0.15, 0.2) is 16.6 Å². The van der Waals surface area contributed by atoms with Crippen molar-refractivity contribution in [1.29, 1.82) is 0 Å². The van der Waals surface area contributed by atoms with E-state index in [-0.39, 0.29) is 13.2 Å². The Labute approximate surface area is 110 Å². The number of nitrogens with one attached hydrogen (secondary N) is 1. The van der Waals surface area contributed by atoms with Gasteiger partial charge in [-0.2, -0.15) is 0 Å². The van der Waals surface area contributed by atoms with Crippen molar-refractivity contribution in [2.75, 3.05) is 20.3 Å². The average molecular weight is 304 g/mol. The SMILES string of the molecule is CNCc1cc(Br)cc(C)c1OCC(O)CO. The van der Waals surface area contributed by atoms with Crippen LogP contribution in [0.2, 0.25) is 0 Å². The van der Waals surface area contributed by atoms with Gasteiger partial charge in [0, 0.05) is 16.6 Å². The maximum absolute atomic E-state index is 9.29. The lowest BCUT2D eigenvalue weighted by atomic mass is 10.1. The van der Waals surface area contributed by atoms with Crippen molar-refractivity contribution >= 4 is 15.9 Å². The number of aryl methyl sites for hydroxylation is 1. The molecule has 4 nitrogen and oxygen atoms in total. The van der Waals surface area contributed by atoms with Gasteiger partial charge in [-0.25, -0.2) is 0 Å². The fourth-order valence-corrected chi connectivity index (χ4v) is 2.18. The first-order valence-corrected chi connectivity index (χ1v) is 6.23. The van der Waals surface area contributed by atoms with Gasteiger partial charge in [0.2, 0.25) is 0 Å². The smallest absolute Gasteiger partial charge is 0.126 e. The molecule has 0 aliphatic heterocycles. The Morgan fingerprint density at radius 1 is 1.47 bits per heavy atom. The van der Waals surface area contributed by atoms with Crippen LogP contribution in [0.5, 0.6) is 5.75 Å². The Morgan fingerprint density at radius 3 is 2.76 bits per heavy atom. The highest BCUT2D eigenvalue weighted by Crippen LogP contribution is 2.28. The van der Waals surface area contributed by atoms with Crippen molar-refractivity contribution in [3.63, 3.8) is 0 Å². The number of halogens is 1. The molecule has 96 valence electrons. The Hall–Kier alpha value is -0.620. The lowest BCUT2D eigenvalue weighted by Gasteiger charge is -2.16. The average Bonchev–Trinajstić information content (AvgIpc) is 2.27. The quantitative estimate of drug-likeness (QED) is 0.739. The van der Waals surface area contributed by atoms with Crippen molar-refractivity contribution in [2.45, 2.75) is 19.6 Å². The number of hydrogen-bond acceptors (Lipinski definition) is 4.